The smallest absolute Gasteiger partial charge is 0.0452 e. The molecule has 0 saturated heterocycles. The molecular weight excluding hydrogens is 342 g/mol. The molecule has 0 unspecified atom stereocenters. The van der Waals surface area contributed by atoms with E-state index in [0.29, 0.717) is 12.1 Å². The first-order valence-electron chi connectivity index (χ1n) is 10.7. The van der Waals surface area contributed by atoms with E-state index in [2.05, 4.69) is 76.6 Å². The van der Waals surface area contributed by atoms with Crippen LogP contribution in [0.1, 0.15) is 36.8 Å². The van der Waals surface area contributed by atoms with E-state index in [0.717, 1.165) is 19.5 Å². The minimum atomic E-state index is 0.674. The summed E-state index contributed by atoms with van der Waals surface area (Å²) in [7, 11) is 2.29. The molecule has 1 aromatic heterocycles. The van der Waals surface area contributed by atoms with Crippen molar-refractivity contribution in [2.45, 2.75) is 50.7 Å². The van der Waals surface area contributed by atoms with E-state index < -0.39 is 0 Å². The molecule has 0 bridgehead atoms. The van der Waals surface area contributed by atoms with Crippen molar-refractivity contribution in [3.05, 3.63) is 72.1 Å². The maximum Gasteiger partial charge on any atom is 0.0452 e. The maximum atomic E-state index is 4.44. The minimum absolute atomic E-state index is 0.674. The monoisotopic (exact) mass is 371 g/mol. The van der Waals surface area contributed by atoms with Gasteiger partial charge in [-0.15, -0.1) is 0 Å². The normalized spacial score (nSPS) is 22.0. The van der Waals surface area contributed by atoms with Gasteiger partial charge >= 0.3 is 0 Å². The van der Waals surface area contributed by atoms with Crippen LogP contribution in [0.4, 0.5) is 5.69 Å². The van der Waals surface area contributed by atoms with Crippen molar-refractivity contribution in [2.24, 2.45) is 0 Å². The SMILES string of the molecule is CN(Cc1ccccc1)C1CCC(N2CCc3cncc4cccc2c34)CC1. The Morgan fingerprint density at radius 3 is 2.61 bits per heavy atom. The van der Waals surface area contributed by atoms with Gasteiger partial charge in [0, 0.05) is 54.0 Å². The maximum absolute atomic E-state index is 4.44. The zero-order valence-corrected chi connectivity index (χ0v) is 16.7. The molecule has 5 rings (SSSR count). The Labute approximate surface area is 168 Å². The number of anilines is 1. The number of aromatic nitrogens is 1. The van der Waals surface area contributed by atoms with Crippen LogP contribution in [0.2, 0.25) is 0 Å². The average molecular weight is 372 g/mol. The highest BCUT2D eigenvalue weighted by molar-refractivity contribution is 5.97. The Morgan fingerprint density at radius 1 is 0.964 bits per heavy atom. The van der Waals surface area contributed by atoms with E-state index in [1.807, 2.05) is 6.20 Å². The summed E-state index contributed by atoms with van der Waals surface area (Å²) in [5, 5.41) is 2.73. The fourth-order valence-electron chi connectivity index (χ4n) is 5.27. The van der Waals surface area contributed by atoms with E-state index in [4.69, 9.17) is 0 Å². The zero-order chi connectivity index (χ0) is 18.9. The van der Waals surface area contributed by atoms with Crippen LogP contribution in [0.15, 0.2) is 60.9 Å². The van der Waals surface area contributed by atoms with Gasteiger partial charge in [-0.1, -0.05) is 42.5 Å². The molecule has 1 fully saturated rings. The van der Waals surface area contributed by atoms with Crippen LogP contribution < -0.4 is 4.90 Å². The van der Waals surface area contributed by atoms with Crippen LogP contribution in [0.5, 0.6) is 0 Å². The van der Waals surface area contributed by atoms with Gasteiger partial charge in [-0.25, -0.2) is 0 Å². The van der Waals surface area contributed by atoms with Gasteiger partial charge in [-0.3, -0.25) is 9.88 Å². The molecule has 0 radical (unpaired) electrons. The van der Waals surface area contributed by atoms with Gasteiger partial charge in [0.05, 0.1) is 0 Å². The van der Waals surface area contributed by atoms with Crippen LogP contribution in [0.25, 0.3) is 10.8 Å². The molecule has 3 heteroatoms. The molecule has 0 N–H and O–H groups in total. The average Bonchev–Trinajstić information content (AvgIpc) is 2.75. The lowest BCUT2D eigenvalue weighted by atomic mass is 9.87. The first-order valence-corrected chi connectivity index (χ1v) is 10.7. The zero-order valence-electron chi connectivity index (χ0n) is 16.7. The summed E-state index contributed by atoms with van der Waals surface area (Å²) in [6.07, 6.45) is 10.4. The second-order valence-corrected chi connectivity index (χ2v) is 8.48. The number of hydrogen-bond donors (Lipinski definition) is 0. The van der Waals surface area contributed by atoms with Crippen molar-refractivity contribution in [2.75, 3.05) is 18.5 Å². The lowest BCUT2D eigenvalue weighted by molar-refractivity contribution is 0.174. The van der Waals surface area contributed by atoms with Crippen molar-refractivity contribution < 1.29 is 0 Å². The van der Waals surface area contributed by atoms with Crippen molar-refractivity contribution in [1.82, 2.24) is 9.88 Å². The predicted octanol–water partition coefficient (Wildman–Crippen LogP) is 5.04. The molecule has 3 aromatic rings. The van der Waals surface area contributed by atoms with Crippen LogP contribution in [-0.4, -0.2) is 35.6 Å². The van der Waals surface area contributed by atoms with Gasteiger partial charge in [-0.2, -0.15) is 0 Å². The molecule has 0 amide bonds. The van der Waals surface area contributed by atoms with Gasteiger partial charge in [-0.05, 0) is 56.3 Å². The summed E-state index contributed by atoms with van der Waals surface area (Å²) in [6.45, 7) is 2.19. The number of nitrogens with zero attached hydrogens (tertiary/aromatic N) is 3. The van der Waals surface area contributed by atoms with Crippen LogP contribution in [0, 0.1) is 0 Å². The lowest BCUT2D eigenvalue weighted by Crippen LogP contribution is -2.44. The van der Waals surface area contributed by atoms with Gasteiger partial charge in [0.1, 0.15) is 0 Å². The summed E-state index contributed by atoms with van der Waals surface area (Å²) >= 11 is 0. The highest BCUT2D eigenvalue weighted by Crippen LogP contribution is 2.38. The molecule has 1 aliphatic heterocycles. The summed E-state index contributed by atoms with van der Waals surface area (Å²) in [5.74, 6) is 0. The third-order valence-electron chi connectivity index (χ3n) is 6.78. The molecule has 144 valence electrons. The molecule has 0 spiro atoms. The number of pyridine rings is 1. The highest BCUT2D eigenvalue weighted by Gasteiger charge is 2.30. The number of hydrogen-bond acceptors (Lipinski definition) is 3. The quantitative estimate of drug-likeness (QED) is 0.640. The second kappa shape index (κ2) is 7.56. The first-order chi connectivity index (χ1) is 13.8. The lowest BCUT2D eigenvalue weighted by Gasteiger charge is -2.42. The third-order valence-corrected chi connectivity index (χ3v) is 6.78. The van der Waals surface area contributed by atoms with Crippen LogP contribution in [-0.2, 0) is 13.0 Å². The topological polar surface area (TPSA) is 19.4 Å². The molecule has 1 aliphatic carbocycles. The fraction of sp³-hybridized carbons (Fsp3) is 0.400. The number of benzene rings is 2. The summed E-state index contributed by atoms with van der Waals surface area (Å²) in [4.78, 5) is 9.69. The summed E-state index contributed by atoms with van der Waals surface area (Å²) in [6, 6.07) is 19.0. The van der Waals surface area contributed by atoms with Crippen molar-refractivity contribution in [1.29, 1.82) is 0 Å². The Bertz CT molecular complexity index is 939. The Hall–Kier alpha value is -2.39. The molecule has 2 aromatic carbocycles. The Morgan fingerprint density at radius 2 is 1.79 bits per heavy atom. The van der Waals surface area contributed by atoms with E-state index in [1.54, 1.807) is 0 Å². The number of rotatable bonds is 4. The van der Waals surface area contributed by atoms with Gasteiger partial charge in [0.25, 0.3) is 0 Å². The third kappa shape index (κ3) is 3.29. The van der Waals surface area contributed by atoms with Crippen molar-refractivity contribution in [3.63, 3.8) is 0 Å². The van der Waals surface area contributed by atoms with E-state index in [9.17, 15) is 0 Å². The van der Waals surface area contributed by atoms with Crippen molar-refractivity contribution >= 4 is 16.5 Å². The molecule has 3 nitrogen and oxygen atoms in total. The van der Waals surface area contributed by atoms with Crippen LogP contribution in [0.3, 0.4) is 0 Å². The van der Waals surface area contributed by atoms with E-state index in [1.165, 1.54) is 53.3 Å². The predicted molar refractivity (Wildman–Crippen MR) is 117 cm³/mol. The highest BCUT2D eigenvalue weighted by atomic mass is 15.2. The Kier molecular flexibility index (Phi) is 4.77. The fourth-order valence-corrected chi connectivity index (χ4v) is 5.27. The molecule has 2 aliphatic rings. The molecule has 1 saturated carbocycles. The molecular formula is C25H29N3. The van der Waals surface area contributed by atoms with E-state index >= 15 is 0 Å². The first kappa shape index (κ1) is 17.7. The second-order valence-electron chi connectivity index (χ2n) is 8.48. The van der Waals surface area contributed by atoms with E-state index in [-0.39, 0.29) is 0 Å². The standard InChI is InChI=1S/C25H29N3/c1-27(18-19-6-3-2-4-7-19)22-10-12-23(13-11-22)28-15-14-21-17-26-16-20-8-5-9-24(28)25(20)21/h2-9,16-17,22-23H,10-15,18H2,1H3. The largest absolute Gasteiger partial charge is 0.368 e. The summed E-state index contributed by atoms with van der Waals surface area (Å²) in [5.41, 5.74) is 4.27. The molecule has 2 heterocycles. The van der Waals surface area contributed by atoms with Gasteiger partial charge < -0.3 is 4.90 Å². The van der Waals surface area contributed by atoms with Gasteiger partial charge in [0.2, 0.25) is 0 Å². The summed E-state index contributed by atoms with van der Waals surface area (Å²) < 4.78 is 0. The minimum Gasteiger partial charge on any atom is -0.368 e. The molecule has 0 atom stereocenters. The Balaban J connectivity index is 1.28. The van der Waals surface area contributed by atoms with Crippen molar-refractivity contribution in [3.8, 4) is 0 Å². The van der Waals surface area contributed by atoms with Gasteiger partial charge in [0.15, 0.2) is 0 Å². The molecule has 28 heavy (non-hydrogen) atoms. The van der Waals surface area contributed by atoms with Crippen LogP contribution >= 0.6 is 0 Å².